The number of amides is 1. The van der Waals surface area contributed by atoms with Crippen molar-refractivity contribution in [2.45, 2.75) is 26.7 Å². The van der Waals surface area contributed by atoms with E-state index < -0.39 is 0 Å². The third kappa shape index (κ3) is 3.22. The standard InChI is InChI=1S/C10H19NOS/c1-8(2)3-4-11-6-9(7-13)5-10(11)12/h8-9,13H,3-7H2,1-2H3. The molecule has 1 fully saturated rings. The second-order valence-electron chi connectivity index (χ2n) is 4.27. The van der Waals surface area contributed by atoms with Crippen LogP contribution in [0.3, 0.4) is 0 Å². The molecule has 0 aliphatic carbocycles. The Morgan fingerprint density at radius 1 is 1.62 bits per heavy atom. The first kappa shape index (κ1) is 10.9. The third-order valence-corrected chi connectivity index (χ3v) is 3.05. The Labute approximate surface area is 86.1 Å². The number of thiol groups is 1. The summed E-state index contributed by atoms with van der Waals surface area (Å²) in [7, 11) is 0. The molecule has 1 aliphatic heterocycles. The highest BCUT2D eigenvalue weighted by molar-refractivity contribution is 7.80. The summed E-state index contributed by atoms with van der Waals surface area (Å²) in [6.07, 6.45) is 1.83. The molecule has 1 heterocycles. The van der Waals surface area contributed by atoms with Gasteiger partial charge in [0.05, 0.1) is 0 Å². The maximum absolute atomic E-state index is 11.4. The molecule has 3 heteroatoms. The highest BCUT2D eigenvalue weighted by atomic mass is 32.1. The van der Waals surface area contributed by atoms with Gasteiger partial charge in [0.25, 0.3) is 0 Å². The van der Waals surface area contributed by atoms with Crippen LogP contribution in [0.2, 0.25) is 0 Å². The molecule has 0 N–H and O–H groups in total. The third-order valence-electron chi connectivity index (χ3n) is 2.53. The molecule has 76 valence electrons. The first-order valence-corrected chi connectivity index (χ1v) is 5.65. The Morgan fingerprint density at radius 3 is 2.77 bits per heavy atom. The molecule has 1 unspecified atom stereocenters. The molecule has 2 nitrogen and oxygen atoms in total. The minimum Gasteiger partial charge on any atom is -0.342 e. The van der Waals surface area contributed by atoms with Gasteiger partial charge in [-0.2, -0.15) is 12.6 Å². The van der Waals surface area contributed by atoms with Crippen molar-refractivity contribution in [3.8, 4) is 0 Å². The van der Waals surface area contributed by atoms with Crippen LogP contribution < -0.4 is 0 Å². The van der Waals surface area contributed by atoms with E-state index in [2.05, 4.69) is 26.5 Å². The summed E-state index contributed by atoms with van der Waals surface area (Å²) in [5.41, 5.74) is 0. The van der Waals surface area contributed by atoms with Gasteiger partial charge in [-0.15, -0.1) is 0 Å². The Hall–Kier alpha value is -0.180. The molecule has 1 rings (SSSR count). The summed E-state index contributed by atoms with van der Waals surface area (Å²) in [6, 6.07) is 0. The van der Waals surface area contributed by atoms with Gasteiger partial charge < -0.3 is 4.90 Å². The van der Waals surface area contributed by atoms with Crippen molar-refractivity contribution in [2.75, 3.05) is 18.8 Å². The minimum atomic E-state index is 0.319. The first-order valence-electron chi connectivity index (χ1n) is 5.02. The molecule has 0 aromatic rings. The predicted molar refractivity (Wildman–Crippen MR) is 58.0 cm³/mol. The second-order valence-corrected chi connectivity index (χ2v) is 4.64. The van der Waals surface area contributed by atoms with E-state index in [1.165, 1.54) is 0 Å². The van der Waals surface area contributed by atoms with Crippen LogP contribution in [0, 0.1) is 11.8 Å². The van der Waals surface area contributed by atoms with Gasteiger partial charge in [-0.25, -0.2) is 0 Å². The summed E-state index contributed by atoms with van der Waals surface area (Å²) < 4.78 is 0. The van der Waals surface area contributed by atoms with Gasteiger partial charge in [0.15, 0.2) is 0 Å². The highest BCUT2D eigenvalue weighted by Gasteiger charge is 2.27. The molecule has 13 heavy (non-hydrogen) atoms. The van der Waals surface area contributed by atoms with Gasteiger partial charge in [0.1, 0.15) is 0 Å². The summed E-state index contributed by atoms with van der Waals surface area (Å²) in [5, 5.41) is 0. The summed E-state index contributed by atoms with van der Waals surface area (Å²) in [6.45, 7) is 6.24. The number of hydrogen-bond acceptors (Lipinski definition) is 2. The van der Waals surface area contributed by atoms with Crippen molar-refractivity contribution >= 4 is 18.5 Å². The zero-order valence-corrected chi connectivity index (χ0v) is 9.39. The van der Waals surface area contributed by atoms with Crippen LogP contribution in [0.4, 0.5) is 0 Å². The Balaban J connectivity index is 2.31. The Bertz CT molecular complexity index is 182. The molecule has 0 aromatic heterocycles. The number of rotatable bonds is 4. The van der Waals surface area contributed by atoms with Gasteiger partial charge >= 0.3 is 0 Å². The molecular weight excluding hydrogens is 182 g/mol. The average molecular weight is 201 g/mol. The summed E-state index contributed by atoms with van der Waals surface area (Å²) in [5.74, 6) is 2.33. The van der Waals surface area contributed by atoms with E-state index in [4.69, 9.17) is 0 Å². The molecule has 0 bridgehead atoms. The van der Waals surface area contributed by atoms with Crippen molar-refractivity contribution in [2.24, 2.45) is 11.8 Å². The summed E-state index contributed by atoms with van der Waals surface area (Å²) >= 11 is 4.23. The van der Waals surface area contributed by atoms with E-state index in [0.29, 0.717) is 24.2 Å². The highest BCUT2D eigenvalue weighted by Crippen LogP contribution is 2.19. The van der Waals surface area contributed by atoms with Gasteiger partial charge in [0, 0.05) is 19.5 Å². The van der Waals surface area contributed by atoms with Crippen molar-refractivity contribution in [1.82, 2.24) is 4.90 Å². The smallest absolute Gasteiger partial charge is 0.222 e. The molecule has 1 aliphatic rings. The lowest BCUT2D eigenvalue weighted by Gasteiger charge is -2.17. The Morgan fingerprint density at radius 2 is 2.31 bits per heavy atom. The van der Waals surface area contributed by atoms with Crippen molar-refractivity contribution < 1.29 is 4.79 Å². The SMILES string of the molecule is CC(C)CCN1CC(CS)CC1=O. The number of hydrogen-bond donors (Lipinski definition) is 1. The topological polar surface area (TPSA) is 20.3 Å². The van der Waals surface area contributed by atoms with E-state index in [1.807, 2.05) is 4.90 Å². The van der Waals surface area contributed by atoms with Gasteiger partial charge in [-0.1, -0.05) is 13.8 Å². The second kappa shape index (κ2) is 4.89. The van der Waals surface area contributed by atoms with Gasteiger partial charge in [0.2, 0.25) is 5.91 Å². The maximum Gasteiger partial charge on any atom is 0.222 e. The lowest BCUT2D eigenvalue weighted by Crippen LogP contribution is -2.27. The number of carbonyl (C=O) groups excluding carboxylic acids is 1. The zero-order valence-electron chi connectivity index (χ0n) is 8.49. The molecule has 0 spiro atoms. The largest absolute Gasteiger partial charge is 0.342 e. The van der Waals surface area contributed by atoms with Gasteiger partial charge in [-0.3, -0.25) is 4.79 Å². The van der Waals surface area contributed by atoms with E-state index >= 15 is 0 Å². The van der Waals surface area contributed by atoms with Crippen molar-refractivity contribution in [3.63, 3.8) is 0 Å². The van der Waals surface area contributed by atoms with Crippen LogP contribution in [0.5, 0.6) is 0 Å². The molecule has 1 atom stereocenters. The number of carbonyl (C=O) groups is 1. The summed E-state index contributed by atoms with van der Waals surface area (Å²) in [4.78, 5) is 13.4. The Kier molecular flexibility index (Phi) is 4.10. The molecule has 0 saturated carbocycles. The molecule has 0 radical (unpaired) electrons. The van der Waals surface area contributed by atoms with E-state index in [0.717, 1.165) is 25.3 Å². The number of nitrogens with zero attached hydrogens (tertiary/aromatic N) is 1. The molecule has 1 amide bonds. The molecular formula is C10H19NOS. The molecule has 1 saturated heterocycles. The number of likely N-dealkylation sites (tertiary alicyclic amines) is 1. The van der Waals surface area contributed by atoms with Crippen LogP contribution >= 0.6 is 12.6 Å². The van der Waals surface area contributed by atoms with E-state index in [1.54, 1.807) is 0 Å². The van der Waals surface area contributed by atoms with Crippen LogP contribution in [0.15, 0.2) is 0 Å². The monoisotopic (exact) mass is 201 g/mol. The quantitative estimate of drug-likeness (QED) is 0.688. The fourth-order valence-electron chi connectivity index (χ4n) is 1.61. The van der Waals surface area contributed by atoms with Crippen LogP contribution in [-0.2, 0) is 4.79 Å². The predicted octanol–water partition coefficient (Wildman–Crippen LogP) is 1.81. The fourth-order valence-corrected chi connectivity index (χ4v) is 1.85. The first-order chi connectivity index (χ1) is 6.13. The normalized spacial score (nSPS) is 23.2. The van der Waals surface area contributed by atoms with E-state index in [-0.39, 0.29) is 0 Å². The van der Waals surface area contributed by atoms with Crippen LogP contribution in [0.25, 0.3) is 0 Å². The maximum atomic E-state index is 11.4. The molecule has 0 aromatic carbocycles. The lowest BCUT2D eigenvalue weighted by atomic mass is 10.1. The minimum absolute atomic E-state index is 0.319. The zero-order chi connectivity index (χ0) is 9.84. The van der Waals surface area contributed by atoms with Crippen LogP contribution in [0.1, 0.15) is 26.7 Å². The van der Waals surface area contributed by atoms with Crippen LogP contribution in [-0.4, -0.2) is 29.6 Å². The van der Waals surface area contributed by atoms with Crippen molar-refractivity contribution in [3.05, 3.63) is 0 Å². The van der Waals surface area contributed by atoms with E-state index in [9.17, 15) is 4.79 Å². The van der Waals surface area contributed by atoms with Crippen molar-refractivity contribution in [1.29, 1.82) is 0 Å². The lowest BCUT2D eigenvalue weighted by molar-refractivity contribution is -0.127. The van der Waals surface area contributed by atoms with Gasteiger partial charge in [-0.05, 0) is 24.0 Å². The average Bonchev–Trinajstić information content (AvgIpc) is 2.43. The fraction of sp³-hybridized carbons (Fsp3) is 0.900.